The lowest BCUT2D eigenvalue weighted by atomic mass is 9.90. The number of halogens is 1. The third kappa shape index (κ3) is 5.73. The van der Waals surface area contributed by atoms with E-state index in [1.54, 1.807) is 30.3 Å². The number of aromatic nitrogens is 2. The topological polar surface area (TPSA) is 67.2 Å². The van der Waals surface area contributed by atoms with Gasteiger partial charge in [0, 0.05) is 29.9 Å². The van der Waals surface area contributed by atoms with Crippen LogP contribution in [-0.4, -0.2) is 28.8 Å². The third-order valence-corrected chi connectivity index (χ3v) is 5.80. The van der Waals surface area contributed by atoms with Crippen LogP contribution in [0, 0.1) is 5.92 Å². The average molecular weight is 437 g/mol. The van der Waals surface area contributed by atoms with Crippen molar-refractivity contribution in [1.29, 1.82) is 0 Å². The fourth-order valence-electron chi connectivity index (χ4n) is 3.94. The molecule has 0 unspecified atom stereocenters. The molecule has 0 atom stereocenters. The maximum Gasteiger partial charge on any atom is 0.267 e. The van der Waals surface area contributed by atoms with Crippen LogP contribution in [0.2, 0.25) is 5.02 Å². The van der Waals surface area contributed by atoms with Crippen LogP contribution >= 0.6 is 11.6 Å². The molecule has 0 spiro atoms. The molecular formula is C24H25ClN4O2. The first-order valence-electron chi connectivity index (χ1n) is 10.5. The number of carbonyl (C=O) groups excluding carboxylic acids is 1. The molecule has 1 N–H and O–H groups in total. The van der Waals surface area contributed by atoms with Crippen molar-refractivity contribution in [2.75, 3.05) is 23.3 Å². The number of hydrogen-bond acceptors (Lipinski definition) is 4. The van der Waals surface area contributed by atoms with Crippen LogP contribution in [0.1, 0.15) is 18.4 Å². The molecule has 1 aliphatic heterocycles. The minimum atomic E-state index is -0.324. The molecule has 6 nitrogen and oxygen atoms in total. The van der Waals surface area contributed by atoms with Crippen LogP contribution < -0.4 is 15.8 Å². The molecule has 2 aromatic carbocycles. The zero-order valence-electron chi connectivity index (χ0n) is 17.2. The minimum absolute atomic E-state index is 0.149. The molecule has 3 aromatic rings. The molecule has 7 heteroatoms. The van der Waals surface area contributed by atoms with Gasteiger partial charge in [0.2, 0.25) is 5.91 Å². The van der Waals surface area contributed by atoms with Crippen LogP contribution in [0.3, 0.4) is 0 Å². The Morgan fingerprint density at radius 2 is 1.81 bits per heavy atom. The van der Waals surface area contributed by atoms with Crippen LogP contribution in [0.4, 0.5) is 11.5 Å². The molecule has 4 rings (SSSR count). The van der Waals surface area contributed by atoms with E-state index in [1.165, 1.54) is 16.3 Å². The van der Waals surface area contributed by atoms with Gasteiger partial charge in [-0.05, 0) is 55.0 Å². The second-order valence-electron chi connectivity index (χ2n) is 7.87. The van der Waals surface area contributed by atoms with Gasteiger partial charge in [-0.25, -0.2) is 4.68 Å². The van der Waals surface area contributed by atoms with E-state index < -0.39 is 0 Å². The number of rotatable bonds is 6. The summed E-state index contributed by atoms with van der Waals surface area (Å²) in [5.74, 6) is 1.05. The molecule has 1 amide bonds. The largest absolute Gasteiger partial charge is 0.355 e. The molecule has 1 fully saturated rings. The van der Waals surface area contributed by atoms with E-state index in [1.807, 2.05) is 6.07 Å². The Morgan fingerprint density at radius 1 is 1.03 bits per heavy atom. The molecule has 0 aliphatic carbocycles. The van der Waals surface area contributed by atoms with Crippen molar-refractivity contribution in [2.24, 2.45) is 5.92 Å². The van der Waals surface area contributed by atoms with Crippen LogP contribution in [0.25, 0.3) is 0 Å². The van der Waals surface area contributed by atoms with Gasteiger partial charge in [-0.15, -0.1) is 0 Å². The summed E-state index contributed by atoms with van der Waals surface area (Å²) in [6.45, 7) is 1.62. The number of nitrogens with zero attached hydrogens (tertiary/aromatic N) is 3. The van der Waals surface area contributed by atoms with E-state index in [0.717, 1.165) is 38.2 Å². The van der Waals surface area contributed by atoms with Crippen molar-refractivity contribution in [2.45, 2.75) is 25.8 Å². The molecule has 0 bridgehead atoms. The fourth-order valence-corrected chi connectivity index (χ4v) is 4.13. The third-order valence-electron chi connectivity index (χ3n) is 5.56. The Labute approximate surface area is 186 Å². The van der Waals surface area contributed by atoms with Gasteiger partial charge in [-0.2, -0.15) is 5.10 Å². The number of carbonyl (C=O) groups is 1. The van der Waals surface area contributed by atoms with E-state index in [4.69, 9.17) is 11.6 Å². The molecule has 2 heterocycles. The van der Waals surface area contributed by atoms with Crippen LogP contribution in [0.15, 0.2) is 71.5 Å². The predicted octanol–water partition coefficient (Wildman–Crippen LogP) is 3.99. The van der Waals surface area contributed by atoms with E-state index in [-0.39, 0.29) is 18.0 Å². The van der Waals surface area contributed by atoms with Crippen LogP contribution in [-0.2, 0) is 17.8 Å². The van der Waals surface area contributed by atoms with Gasteiger partial charge in [0.25, 0.3) is 5.56 Å². The molecule has 31 heavy (non-hydrogen) atoms. The maximum atomic E-state index is 12.4. The predicted molar refractivity (Wildman–Crippen MR) is 124 cm³/mol. The first-order valence-corrected chi connectivity index (χ1v) is 10.9. The average Bonchev–Trinajstić information content (AvgIpc) is 2.77. The van der Waals surface area contributed by atoms with Crippen molar-refractivity contribution in [3.05, 3.63) is 87.7 Å². The molecular weight excluding hydrogens is 412 g/mol. The lowest BCUT2D eigenvalue weighted by Gasteiger charge is -2.33. The summed E-state index contributed by atoms with van der Waals surface area (Å²) in [4.78, 5) is 26.8. The Kier molecular flexibility index (Phi) is 6.67. The summed E-state index contributed by atoms with van der Waals surface area (Å²) in [5, 5.41) is 7.73. The Balaban J connectivity index is 1.36. The van der Waals surface area contributed by atoms with E-state index in [2.05, 4.69) is 39.6 Å². The first-order chi connectivity index (χ1) is 15.1. The number of anilines is 2. The number of amides is 1. The Morgan fingerprint density at radius 3 is 2.55 bits per heavy atom. The Hall–Kier alpha value is -3.12. The van der Waals surface area contributed by atoms with Crippen molar-refractivity contribution in [3.63, 3.8) is 0 Å². The summed E-state index contributed by atoms with van der Waals surface area (Å²) in [5.41, 5.74) is 1.66. The maximum absolute atomic E-state index is 12.4. The highest BCUT2D eigenvalue weighted by atomic mass is 35.5. The standard InChI is InChI=1S/C24H25ClN4O2/c25-20-7-4-8-21(16-20)26-23(30)17-29-24(31)10-9-22(27-29)28-13-11-19(12-14-28)15-18-5-2-1-3-6-18/h1-10,16,19H,11-15,17H2,(H,26,30). The van der Waals surface area contributed by atoms with E-state index in [0.29, 0.717) is 16.6 Å². The fraction of sp³-hybridized carbons (Fsp3) is 0.292. The summed E-state index contributed by atoms with van der Waals surface area (Å²) >= 11 is 5.95. The highest BCUT2D eigenvalue weighted by Gasteiger charge is 2.21. The molecule has 0 saturated carbocycles. The number of hydrogen-bond donors (Lipinski definition) is 1. The molecule has 1 aliphatic rings. The summed E-state index contributed by atoms with van der Waals surface area (Å²) < 4.78 is 1.21. The molecule has 1 aromatic heterocycles. The van der Waals surface area contributed by atoms with Gasteiger partial charge >= 0.3 is 0 Å². The molecule has 1 saturated heterocycles. The van der Waals surface area contributed by atoms with Gasteiger partial charge in [0.15, 0.2) is 0 Å². The highest BCUT2D eigenvalue weighted by molar-refractivity contribution is 6.30. The van der Waals surface area contributed by atoms with Gasteiger partial charge in [0.1, 0.15) is 12.4 Å². The quantitative estimate of drug-likeness (QED) is 0.634. The molecule has 0 radical (unpaired) electrons. The second kappa shape index (κ2) is 9.79. The van der Waals surface area contributed by atoms with Gasteiger partial charge < -0.3 is 10.2 Å². The monoisotopic (exact) mass is 436 g/mol. The summed E-state index contributed by atoms with van der Waals surface area (Å²) in [6, 6.07) is 20.7. The van der Waals surface area contributed by atoms with E-state index in [9.17, 15) is 9.59 Å². The lowest BCUT2D eigenvalue weighted by molar-refractivity contribution is -0.117. The number of piperidine rings is 1. The zero-order chi connectivity index (χ0) is 21.6. The zero-order valence-corrected chi connectivity index (χ0v) is 18.0. The van der Waals surface area contributed by atoms with Crippen molar-refractivity contribution < 1.29 is 4.79 Å². The summed E-state index contributed by atoms with van der Waals surface area (Å²) in [7, 11) is 0. The molecule has 160 valence electrons. The SMILES string of the molecule is O=C(Cn1nc(N2CCC(Cc3ccccc3)CC2)ccc1=O)Nc1cccc(Cl)c1. The van der Waals surface area contributed by atoms with Gasteiger partial charge in [-0.3, -0.25) is 9.59 Å². The van der Waals surface area contributed by atoms with Crippen molar-refractivity contribution in [3.8, 4) is 0 Å². The van der Waals surface area contributed by atoms with E-state index >= 15 is 0 Å². The number of benzene rings is 2. The van der Waals surface area contributed by atoms with Gasteiger partial charge in [-0.1, -0.05) is 48.0 Å². The second-order valence-corrected chi connectivity index (χ2v) is 8.30. The normalized spacial score (nSPS) is 14.4. The Bertz CT molecular complexity index is 1090. The number of nitrogens with one attached hydrogen (secondary N) is 1. The van der Waals surface area contributed by atoms with Crippen LogP contribution in [0.5, 0.6) is 0 Å². The summed E-state index contributed by atoms with van der Waals surface area (Å²) in [6.07, 6.45) is 3.24. The highest BCUT2D eigenvalue weighted by Crippen LogP contribution is 2.24. The minimum Gasteiger partial charge on any atom is -0.355 e. The van der Waals surface area contributed by atoms with Gasteiger partial charge in [0.05, 0.1) is 0 Å². The lowest BCUT2D eigenvalue weighted by Crippen LogP contribution is -2.37. The van der Waals surface area contributed by atoms with Crippen molar-refractivity contribution in [1.82, 2.24) is 9.78 Å². The first kappa shape index (κ1) is 21.1. The smallest absolute Gasteiger partial charge is 0.267 e. The van der Waals surface area contributed by atoms with Crippen molar-refractivity contribution >= 4 is 29.0 Å².